The maximum Gasteiger partial charge on any atom is 0.323 e. The number of nitrogens with one attached hydrogen (secondary N) is 1. The lowest BCUT2D eigenvalue weighted by Crippen LogP contribution is -2.44. The van der Waals surface area contributed by atoms with Crippen LogP contribution >= 0.6 is 0 Å². The molecule has 0 aliphatic heterocycles. The number of carboxylic acids is 1. The second-order valence-electron chi connectivity index (χ2n) is 5.33. The number of carbonyl (C=O) groups is 2. The normalized spacial score (nSPS) is 15.4. The first kappa shape index (κ1) is 14.4. The molecule has 0 aromatic heterocycles. The summed E-state index contributed by atoms with van der Waals surface area (Å²) in [5.41, 5.74) is 0.829. The quantitative estimate of drug-likeness (QED) is 0.838. The second kappa shape index (κ2) is 5.94. The first-order chi connectivity index (χ1) is 9.56. The van der Waals surface area contributed by atoms with Crippen molar-refractivity contribution in [2.24, 2.45) is 5.41 Å². The van der Waals surface area contributed by atoms with E-state index >= 15 is 0 Å². The molecule has 108 valence electrons. The molecule has 0 saturated heterocycles. The van der Waals surface area contributed by atoms with Gasteiger partial charge in [0.2, 0.25) is 0 Å². The lowest BCUT2D eigenvalue weighted by Gasteiger charge is -2.23. The van der Waals surface area contributed by atoms with E-state index in [0.717, 1.165) is 19.3 Å². The summed E-state index contributed by atoms with van der Waals surface area (Å²) in [5.74, 6) is -1.03. The Hall–Kier alpha value is -2.04. The number of rotatable bonds is 6. The van der Waals surface area contributed by atoms with Gasteiger partial charge in [-0.3, -0.25) is 9.69 Å². The van der Waals surface area contributed by atoms with Crippen molar-refractivity contribution >= 4 is 17.7 Å². The van der Waals surface area contributed by atoms with Crippen molar-refractivity contribution in [1.29, 1.82) is 0 Å². The standard InChI is InChI=1S/C15H20N2O3/c1-2-15(8-9-15)11-16-14(20)17(10-13(18)19)12-6-4-3-5-7-12/h3-7H,2,8-11H2,1H3,(H,16,20)(H,18,19). The Labute approximate surface area is 118 Å². The van der Waals surface area contributed by atoms with Gasteiger partial charge in [-0.25, -0.2) is 4.79 Å². The van der Waals surface area contributed by atoms with E-state index in [-0.39, 0.29) is 18.0 Å². The molecule has 1 aliphatic carbocycles. The molecule has 20 heavy (non-hydrogen) atoms. The Morgan fingerprint density at radius 3 is 2.45 bits per heavy atom. The van der Waals surface area contributed by atoms with Gasteiger partial charge in [-0.2, -0.15) is 0 Å². The molecule has 2 rings (SSSR count). The molecule has 1 fully saturated rings. The van der Waals surface area contributed by atoms with Crippen molar-refractivity contribution in [3.05, 3.63) is 30.3 Å². The molecule has 5 nitrogen and oxygen atoms in total. The summed E-state index contributed by atoms with van der Waals surface area (Å²) in [6.07, 6.45) is 3.31. The Balaban J connectivity index is 2.02. The fourth-order valence-electron chi connectivity index (χ4n) is 2.21. The fourth-order valence-corrected chi connectivity index (χ4v) is 2.21. The zero-order valence-electron chi connectivity index (χ0n) is 11.6. The summed E-state index contributed by atoms with van der Waals surface area (Å²) in [7, 11) is 0. The molecular weight excluding hydrogens is 256 g/mol. The molecule has 1 saturated carbocycles. The molecule has 1 aliphatic rings. The van der Waals surface area contributed by atoms with Crippen molar-refractivity contribution in [2.45, 2.75) is 26.2 Å². The third-order valence-electron chi connectivity index (χ3n) is 3.93. The van der Waals surface area contributed by atoms with Gasteiger partial charge in [0.15, 0.2) is 0 Å². The van der Waals surface area contributed by atoms with E-state index in [4.69, 9.17) is 5.11 Å². The largest absolute Gasteiger partial charge is 0.480 e. The Morgan fingerprint density at radius 2 is 1.95 bits per heavy atom. The molecule has 5 heteroatoms. The number of para-hydroxylation sites is 1. The van der Waals surface area contributed by atoms with E-state index in [9.17, 15) is 9.59 Å². The molecular formula is C15H20N2O3. The summed E-state index contributed by atoms with van der Waals surface area (Å²) in [5, 5.41) is 11.8. The van der Waals surface area contributed by atoms with E-state index < -0.39 is 5.97 Å². The van der Waals surface area contributed by atoms with Gasteiger partial charge < -0.3 is 10.4 Å². The average Bonchev–Trinajstić information content (AvgIpc) is 3.24. The van der Waals surface area contributed by atoms with E-state index in [2.05, 4.69) is 12.2 Å². The Bertz CT molecular complexity index is 483. The predicted molar refractivity (Wildman–Crippen MR) is 76.8 cm³/mol. The van der Waals surface area contributed by atoms with Crippen LogP contribution in [-0.2, 0) is 4.79 Å². The first-order valence-corrected chi connectivity index (χ1v) is 6.88. The smallest absolute Gasteiger partial charge is 0.323 e. The number of urea groups is 1. The molecule has 0 atom stereocenters. The van der Waals surface area contributed by atoms with Crippen LogP contribution in [0.15, 0.2) is 30.3 Å². The Morgan fingerprint density at radius 1 is 1.30 bits per heavy atom. The number of hydrogen-bond donors (Lipinski definition) is 2. The van der Waals surface area contributed by atoms with Crippen LogP contribution in [0.25, 0.3) is 0 Å². The molecule has 0 heterocycles. The van der Waals surface area contributed by atoms with Crippen LogP contribution in [0.5, 0.6) is 0 Å². The number of carbonyl (C=O) groups excluding carboxylic acids is 1. The van der Waals surface area contributed by atoms with Crippen molar-refractivity contribution in [3.8, 4) is 0 Å². The average molecular weight is 276 g/mol. The van der Waals surface area contributed by atoms with E-state index in [0.29, 0.717) is 12.2 Å². The van der Waals surface area contributed by atoms with Gasteiger partial charge >= 0.3 is 12.0 Å². The van der Waals surface area contributed by atoms with Crippen molar-refractivity contribution in [3.63, 3.8) is 0 Å². The van der Waals surface area contributed by atoms with Crippen LogP contribution in [0.2, 0.25) is 0 Å². The number of aliphatic carboxylic acids is 1. The summed E-state index contributed by atoms with van der Waals surface area (Å²) in [6, 6.07) is 8.51. The number of amides is 2. The highest BCUT2D eigenvalue weighted by Gasteiger charge is 2.41. The highest BCUT2D eigenvalue weighted by molar-refractivity contribution is 5.96. The maximum absolute atomic E-state index is 12.2. The lowest BCUT2D eigenvalue weighted by molar-refractivity contribution is -0.135. The summed E-state index contributed by atoms with van der Waals surface area (Å²) < 4.78 is 0. The van der Waals surface area contributed by atoms with Crippen LogP contribution in [0.1, 0.15) is 26.2 Å². The highest BCUT2D eigenvalue weighted by atomic mass is 16.4. The highest BCUT2D eigenvalue weighted by Crippen LogP contribution is 2.47. The zero-order valence-corrected chi connectivity index (χ0v) is 11.6. The van der Waals surface area contributed by atoms with Gasteiger partial charge in [-0.05, 0) is 36.8 Å². The minimum atomic E-state index is -1.03. The molecule has 2 amide bonds. The Kier molecular flexibility index (Phi) is 4.27. The lowest BCUT2D eigenvalue weighted by atomic mass is 10.0. The number of benzene rings is 1. The second-order valence-corrected chi connectivity index (χ2v) is 5.33. The van der Waals surface area contributed by atoms with Crippen LogP contribution in [0.3, 0.4) is 0 Å². The molecule has 1 aromatic carbocycles. The first-order valence-electron chi connectivity index (χ1n) is 6.88. The van der Waals surface area contributed by atoms with Gasteiger partial charge in [0.1, 0.15) is 6.54 Å². The summed E-state index contributed by atoms with van der Waals surface area (Å²) in [6.45, 7) is 2.39. The SMILES string of the molecule is CCC1(CNC(=O)N(CC(=O)O)c2ccccc2)CC1. The van der Waals surface area contributed by atoms with E-state index in [1.807, 2.05) is 6.07 Å². The van der Waals surface area contributed by atoms with Crippen LogP contribution in [0, 0.1) is 5.41 Å². The number of hydrogen-bond acceptors (Lipinski definition) is 2. The molecule has 2 N–H and O–H groups in total. The molecule has 0 spiro atoms. The van der Waals surface area contributed by atoms with Gasteiger partial charge in [0, 0.05) is 12.2 Å². The topological polar surface area (TPSA) is 69.6 Å². The monoisotopic (exact) mass is 276 g/mol. The minimum absolute atomic E-state index is 0.237. The van der Waals surface area contributed by atoms with Crippen LogP contribution in [-0.4, -0.2) is 30.2 Å². The predicted octanol–water partition coefficient (Wildman–Crippen LogP) is 2.48. The zero-order chi connectivity index (χ0) is 14.6. The molecule has 0 bridgehead atoms. The third-order valence-corrected chi connectivity index (χ3v) is 3.93. The van der Waals surface area contributed by atoms with Crippen molar-refractivity contribution in [2.75, 3.05) is 18.0 Å². The van der Waals surface area contributed by atoms with Gasteiger partial charge in [-0.15, -0.1) is 0 Å². The number of carboxylic acid groups (broad SMARTS) is 1. The number of nitrogens with zero attached hydrogens (tertiary/aromatic N) is 1. The molecule has 0 unspecified atom stereocenters. The van der Waals surface area contributed by atoms with Crippen LogP contribution in [0.4, 0.5) is 10.5 Å². The molecule has 0 radical (unpaired) electrons. The van der Waals surface area contributed by atoms with Gasteiger partial charge in [0.25, 0.3) is 0 Å². The maximum atomic E-state index is 12.2. The van der Waals surface area contributed by atoms with Crippen LogP contribution < -0.4 is 10.2 Å². The third kappa shape index (κ3) is 3.50. The number of anilines is 1. The van der Waals surface area contributed by atoms with E-state index in [1.165, 1.54) is 4.90 Å². The van der Waals surface area contributed by atoms with Crippen molar-refractivity contribution in [1.82, 2.24) is 5.32 Å². The van der Waals surface area contributed by atoms with Crippen molar-refractivity contribution < 1.29 is 14.7 Å². The fraction of sp³-hybridized carbons (Fsp3) is 0.467. The van der Waals surface area contributed by atoms with E-state index in [1.54, 1.807) is 24.3 Å². The van der Waals surface area contributed by atoms with Gasteiger partial charge in [-0.1, -0.05) is 25.1 Å². The summed E-state index contributed by atoms with van der Waals surface area (Å²) >= 11 is 0. The van der Waals surface area contributed by atoms with Gasteiger partial charge in [0.05, 0.1) is 0 Å². The summed E-state index contributed by atoms with van der Waals surface area (Å²) in [4.78, 5) is 24.4. The minimum Gasteiger partial charge on any atom is -0.480 e. The molecule has 1 aromatic rings.